The summed E-state index contributed by atoms with van der Waals surface area (Å²) < 4.78 is 16.3. The highest BCUT2D eigenvalue weighted by atomic mass is 19.1. The predicted octanol–water partition coefficient (Wildman–Crippen LogP) is 2.34. The molecule has 122 valence electrons. The molecular weight excluding hydrogens is 295 g/mol. The van der Waals surface area contributed by atoms with Crippen molar-refractivity contribution in [2.24, 2.45) is 5.73 Å². The van der Waals surface area contributed by atoms with E-state index >= 15 is 0 Å². The Hall–Kier alpha value is -2.34. The smallest absolute Gasteiger partial charge is 0.314 e. The SMILES string of the molecule is CNCc1cc(-c2ccccc2F)n(C2CCN(C(N)=O)C2)c1. The molecule has 5 nitrogen and oxygen atoms in total. The van der Waals surface area contributed by atoms with Gasteiger partial charge >= 0.3 is 6.03 Å². The minimum Gasteiger partial charge on any atom is -0.351 e. The fraction of sp³-hybridized carbons (Fsp3) is 0.353. The molecule has 1 unspecified atom stereocenters. The Morgan fingerprint density at radius 3 is 2.87 bits per heavy atom. The van der Waals surface area contributed by atoms with Gasteiger partial charge in [0, 0.05) is 31.4 Å². The summed E-state index contributed by atoms with van der Waals surface area (Å²) in [4.78, 5) is 13.0. The van der Waals surface area contributed by atoms with Crippen LogP contribution in [0.1, 0.15) is 18.0 Å². The van der Waals surface area contributed by atoms with Crippen molar-refractivity contribution in [2.75, 3.05) is 20.1 Å². The monoisotopic (exact) mass is 316 g/mol. The van der Waals surface area contributed by atoms with E-state index in [1.165, 1.54) is 6.07 Å². The predicted molar refractivity (Wildman–Crippen MR) is 87.4 cm³/mol. The molecule has 1 aromatic heterocycles. The number of carbonyl (C=O) groups is 1. The topological polar surface area (TPSA) is 63.3 Å². The Morgan fingerprint density at radius 1 is 1.43 bits per heavy atom. The van der Waals surface area contributed by atoms with E-state index in [0.717, 1.165) is 17.7 Å². The van der Waals surface area contributed by atoms with E-state index in [-0.39, 0.29) is 11.9 Å². The van der Waals surface area contributed by atoms with Gasteiger partial charge in [-0.15, -0.1) is 0 Å². The van der Waals surface area contributed by atoms with Crippen LogP contribution in [0, 0.1) is 5.82 Å². The normalized spacial score (nSPS) is 17.7. The van der Waals surface area contributed by atoms with Gasteiger partial charge < -0.3 is 20.5 Å². The molecular formula is C17H21FN4O. The van der Waals surface area contributed by atoms with Crippen LogP contribution < -0.4 is 11.1 Å². The molecule has 2 aromatic rings. The highest BCUT2D eigenvalue weighted by Gasteiger charge is 2.28. The molecule has 0 radical (unpaired) electrons. The molecule has 23 heavy (non-hydrogen) atoms. The zero-order chi connectivity index (χ0) is 16.4. The van der Waals surface area contributed by atoms with Crippen LogP contribution in [0.5, 0.6) is 0 Å². The first-order chi connectivity index (χ1) is 11.1. The molecule has 1 atom stereocenters. The van der Waals surface area contributed by atoms with Crippen LogP contribution in [0.2, 0.25) is 0 Å². The van der Waals surface area contributed by atoms with E-state index in [1.807, 2.05) is 25.4 Å². The zero-order valence-corrected chi connectivity index (χ0v) is 13.1. The maximum absolute atomic E-state index is 14.2. The third-order valence-electron chi connectivity index (χ3n) is 4.30. The van der Waals surface area contributed by atoms with Crippen LogP contribution in [-0.4, -0.2) is 35.6 Å². The van der Waals surface area contributed by atoms with Crippen LogP contribution in [0.25, 0.3) is 11.3 Å². The van der Waals surface area contributed by atoms with Crippen molar-refractivity contribution in [1.29, 1.82) is 0 Å². The third kappa shape index (κ3) is 3.07. The van der Waals surface area contributed by atoms with Gasteiger partial charge in [0.25, 0.3) is 0 Å². The molecule has 2 amide bonds. The van der Waals surface area contributed by atoms with Crippen molar-refractivity contribution in [1.82, 2.24) is 14.8 Å². The van der Waals surface area contributed by atoms with E-state index in [1.54, 1.807) is 17.0 Å². The van der Waals surface area contributed by atoms with Gasteiger partial charge in [-0.05, 0) is 37.2 Å². The number of benzene rings is 1. The number of halogens is 1. The summed E-state index contributed by atoms with van der Waals surface area (Å²) >= 11 is 0. The molecule has 1 fully saturated rings. The lowest BCUT2D eigenvalue weighted by molar-refractivity contribution is 0.217. The summed E-state index contributed by atoms with van der Waals surface area (Å²) in [7, 11) is 1.88. The molecule has 1 aromatic carbocycles. The number of carbonyl (C=O) groups excluding carboxylic acids is 1. The first-order valence-corrected chi connectivity index (χ1v) is 7.74. The summed E-state index contributed by atoms with van der Waals surface area (Å²) in [5.41, 5.74) is 7.87. The van der Waals surface area contributed by atoms with Crippen molar-refractivity contribution in [3.05, 3.63) is 47.9 Å². The number of nitrogens with two attached hydrogens (primary N) is 1. The molecule has 0 saturated carbocycles. The minimum absolute atomic E-state index is 0.114. The van der Waals surface area contributed by atoms with E-state index in [4.69, 9.17) is 5.73 Å². The summed E-state index contributed by atoms with van der Waals surface area (Å²) in [6, 6.07) is 8.48. The molecule has 3 N–H and O–H groups in total. The maximum Gasteiger partial charge on any atom is 0.314 e. The standard InChI is InChI=1S/C17H21FN4O/c1-20-9-12-8-16(14-4-2-3-5-15(14)18)22(10-12)13-6-7-21(11-13)17(19)23/h2-5,8,10,13,20H,6-7,9,11H2,1H3,(H2,19,23). The van der Waals surface area contributed by atoms with Crippen LogP contribution in [-0.2, 0) is 6.54 Å². The number of nitrogens with one attached hydrogen (secondary N) is 1. The number of likely N-dealkylation sites (tertiary alicyclic amines) is 1. The molecule has 1 saturated heterocycles. The van der Waals surface area contributed by atoms with Gasteiger partial charge in [-0.1, -0.05) is 12.1 Å². The zero-order valence-electron chi connectivity index (χ0n) is 13.1. The van der Waals surface area contributed by atoms with Crippen molar-refractivity contribution in [2.45, 2.75) is 19.0 Å². The van der Waals surface area contributed by atoms with Gasteiger partial charge in [0.05, 0.1) is 11.7 Å². The molecule has 1 aliphatic rings. The minimum atomic E-state index is -0.400. The van der Waals surface area contributed by atoms with Gasteiger partial charge in [0.1, 0.15) is 5.82 Å². The van der Waals surface area contributed by atoms with Gasteiger partial charge in [0.15, 0.2) is 0 Å². The fourth-order valence-electron chi connectivity index (χ4n) is 3.19. The molecule has 0 bridgehead atoms. The second-order valence-electron chi connectivity index (χ2n) is 5.88. The summed E-state index contributed by atoms with van der Waals surface area (Å²) in [5, 5.41) is 3.12. The van der Waals surface area contributed by atoms with E-state index in [2.05, 4.69) is 9.88 Å². The highest BCUT2D eigenvalue weighted by Crippen LogP contribution is 2.31. The number of primary amides is 1. The molecule has 1 aliphatic heterocycles. The molecule has 0 spiro atoms. The first kappa shape index (κ1) is 15.6. The van der Waals surface area contributed by atoms with Gasteiger partial charge in [0.2, 0.25) is 0 Å². The number of amides is 2. The molecule has 6 heteroatoms. The number of urea groups is 1. The summed E-state index contributed by atoms with van der Waals surface area (Å²) in [6.07, 6.45) is 2.85. The van der Waals surface area contributed by atoms with E-state index in [0.29, 0.717) is 25.2 Å². The lowest BCUT2D eigenvalue weighted by Crippen LogP contribution is -2.33. The second-order valence-corrected chi connectivity index (χ2v) is 5.88. The summed E-state index contributed by atoms with van der Waals surface area (Å²) in [6.45, 7) is 1.90. The lowest BCUT2D eigenvalue weighted by Gasteiger charge is -2.18. The molecule has 0 aliphatic carbocycles. The van der Waals surface area contributed by atoms with Crippen molar-refractivity contribution in [3.8, 4) is 11.3 Å². The number of rotatable bonds is 4. The van der Waals surface area contributed by atoms with Gasteiger partial charge in [-0.2, -0.15) is 0 Å². The van der Waals surface area contributed by atoms with Crippen molar-refractivity contribution >= 4 is 6.03 Å². The fourth-order valence-corrected chi connectivity index (χ4v) is 3.19. The number of hydrogen-bond donors (Lipinski definition) is 2. The number of aromatic nitrogens is 1. The van der Waals surface area contributed by atoms with Crippen molar-refractivity contribution < 1.29 is 9.18 Å². The van der Waals surface area contributed by atoms with Gasteiger partial charge in [-0.3, -0.25) is 0 Å². The molecule has 2 heterocycles. The number of nitrogens with zero attached hydrogens (tertiary/aromatic N) is 2. The van der Waals surface area contributed by atoms with Crippen LogP contribution in [0.15, 0.2) is 36.5 Å². The van der Waals surface area contributed by atoms with Crippen LogP contribution in [0.4, 0.5) is 9.18 Å². The van der Waals surface area contributed by atoms with E-state index in [9.17, 15) is 9.18 Å². The average Bonchev–Trinajstić information content (AvgIpc) is 3.14. The largest absolute Gasteiger partial charge is 0.351 e. The average molecular weight is 316 g/mol. The Morgan fingerprint density at radius 2 is 2.22 bits per heavy atom. The van der Waals surface area contributed by atoms with Crippen LogP contribution >= 0.6 is 0 Å². The van der Waals surface area contributed by atoms with Gasteiger partial charge in [-0.25, -0.2) is 9.18 Å². The van der Waals surface area contributed by atoms with Crippen LogP contribution in [0.3, 0.4) is 0 Å². The first-order valence-electron chi connectivity index (χ1n) is 7.74. The lowest BCUT2D eigenvalue weighted by atomic mass is 10.1. The Kier molecular flexibility index (Phi) is 4.34. The third-order valence-corrected chi connectivity index (χ3v) is 4.30. The quantitative estimate of drug-likeness (QED) is 0.909. The Labute approximate surface area is 134 Å². The Balaban J connectivity index is 1.99. The number of hydrogen-bond acceptors (Lipinski definition) is 2. The maximum atomic E-state index is 14.2. The highest BCUT2D eigenvalue weighted by molar-refractivity contribution is 5.72. The summed E-state index contributed by atoms with van der Waals surface area (Å²) in [5.74, 6) is -0.243. The Bertz CT molecular complexity index is 712. The van der Waals surface area contributed by atoms with E-state index < -0.39 is 6.03 Å². The molecule has 3 rings (SSSR count). The van der Waals surface area contributed by atoms with Crippen molar-refractivity contribution in [3.63, 3.8) is 0 Å². The second kappa shape index (κ2) is 6.42.